The molecule has 3 rings (SSSR count). The van der Waals surface area contributed by atoms with Gasteiger partial charge in [0.2, 0.25) is 11.9 Å². The number of anilines is 1. The van der Waals surface area contributed by atoms with Crippen molar-refractivity contribution in [3.8, 4) is 0 Å². The number of carbonyl (C=O) groups excluding carboxylic acids is 2. The third-order valence-corrected chi connectivity index (χ3v) is 4.45. The lowest BCUT2D eigenvalue weighted by Crippen LogP contribution is -2.20. The number of alkyl halides is 1. The van der Waals surface area contributed by atoms with E-state index in [2.05, 4.69) is 36.3 Å². The molecule has 0 saturated carbocycles. The van der Waals surface area contributed by atoms with E-state index in [0.717, 1.165) is 5.69 Å². The lowest BCUT2D eigenvalue weighted by atomic mass is 10.2. The SMILES string of the molecule is CCn1nc(C)cc1C(=O)Nc1nc2cc(C(N)=O)cnc2n1C/C=C/CBr. The van der Waals surface area contributed by atoms with Crippen LogP contribution in [0.5, 0.6) is 0 Å². The number of aromatic nitrogens is 5. The number of primary amides is 1. The second-order valence-corrected chi connectivity index (χ2v) is 6.69. The number of fused-ring (bicyclic) bond motifs is 1. The quantitative estimate of drug-likeness (QED) is 0.426. The van der Waals surface area contributed by atoms with E-state index >= 15 is 0 Å². The number of hydrogen-bond acceptors (Lipinski definition) is 5. The first-order valence-corrected chi connectivity index (χ1v) is 9.79. The Balaban J connectivity index is 2.02. The predicted octanol–water partition coefficient (Wildman–Crippen LogP) is 2.26. The minimum atomic E-state index is -0.587. The maximum Gasteiger partial charge on any atom is 0.276 e. The van der Waals surface area contributed by atoms with Crippen molar-refractivity contribution in [2.45, 2.75) is 26.9 Å². The second kappa shape index (κ2) is 8.34. The number of rotatable bonds is 7. The number of carbonyl (C=O) groups is 2. The number of nitrogens with two attached hydrogens (primary N) is 1. The van der Waals surface area contributed by atoms with Gasteiger partial charge in [0, 0.05) is 24.6 Å². The molecule has 0 radical (unpaired) electrons. The number of nitrogens with zero attached hydrogens (tertiary/aromatic N) is 5. The Morgan fingerprint density at radius 2 is 2.11 bits per heavy atom. The van der Waals surface area contributed by atoms with Crippen molar-refractivity contribution >= 4 is 44.9 Å². The van der Waals surface area contributed by atoms with Gasteiger partial charge in [-0.2, -0.15) is 5.10 Å². The molecule has 0 atom stereocenters. The summed E-state index contributed by atoms with van der Waals surface area (Å²) in [7, 11) is 0. The van der Waals surface area contributed by atoms with Crippen LogP contribution >= 0.6 is 15.9 Å². The van der Waals surface area contributed by atoms with Crippen LogP contribution < -0.4 is 11.1 Å². The van der Waals surface area contributed by atoms with E-state index in [1.165, 1.54) is 6.20 Å². The van der Waals surface area contributed by atoms with Crippen LogP contribution in [0.1, 0.15) is 33.5 Å². The molecule has 0 unspecified atom stereocenters. The number of halogens is 1. The fourth-order valence-corrected chi connectivity index (χ4v) is 3.06. The summed E-state index contributed by atoms with van der Waals surface area (Å²) < 4.78 is 3.39. The maximum atomic E-state index is 12.8. The van der Waals surface area contributed by atoms with Gasteiger partial charge in [0.1, 0.15) is 11.2 Å². The number of hydrogen-bond donors (Lipinski definition) is 2. The van der Waals surface area contributed by atoms with Crippen molar-refractivity contribution < 1.29 is 9.59 Å². The fraction of sp³-hybridized carbons (Fsp3) is 0.278. The molecule has 0 aliphatic carbocycles. The van der Waals surface area contributed by atoms with Crippen molar-refractivity contribution in [1.29, 1.82) is 0 Å². The topological polar surface area (TPSA) is 121 Å². The smallest absolute Gasteiger partial charge is 0.276 e. The molecule has 0 aliphatic heterocycles. The van der Waals surface area contributed by atoms with Crippen molar-refractivity contribution in [3.63, 3.8) is 0 Å². The first-order chi connectivity index (χ1) is 13.4. The van der Waals surface area contributed by atoms with Gasteiger partial charge in [-0.15, -0.1) is 0 Å². The minimum absolute atomic E-state index is 0.255. The van der Waals surface area contributed by atoms with Crippen molar-refractivity contribution in [3.05, 3.63) is 47.4 Å². The second-order valence-electron chi connectivity index (χ2n) is 6.04. The molecular formula is C18H20BrN7O2. The lowest BCUT2D eigenvalue weighted by Gasteiger charge is -2.08. The van der Waals surface area contributed by atoms with Crippen LogP contribution in [0.2, 0.25) is 0 Å². The van der Waals surface area contributed by atoms with Crippen LogP contribution in [-0.4, -0.2) is 41.5 Å². The number of amides is 2. The highest BCUT2D eigenvalue weighted by Crippen LogP contribution is 2.20. The van der Waals surface area contributed by atoms with Gasteiger partial charge in [-0.05, 0) is 26.0 Å². The summed E-state index contributed by atoms with van der Waals surface area (Å²) >= 11 is 3.34. The monoisotopic (exact) mass is 445 g/mol. The van der Waals surface area contributed by atoms with Gasteiger partial charge in [-0.3, -0.25) is 24.2 Å². The Hall–Kier alpha value is -3.01. The molecule has 0 aliphatic rings. The van der Waals surface area contributed by atoms with Crippen LogP contribution in [-0.2, 0) is 13.1 Å². The molecule has 3 heterocycles. The molecule has 0 fully saturated rings. The van der Waals surface area contributed by atoms with Gasteiger partial charge in [0.05, 0.1) is 11.3 Å². The number of nitrogens with one attached hydrogen (secondary N) is 1. The van der Waals surface area contributed by atoms with E-state index in [-0.39, 0.29) is 11.5 Å². The molecule has 2 amide bonds. The summed E-state index contributed by atoms with van der Waals surface area (Å²) in [4.78, 5) is 33.0. The standard InChI is InChI=1S/C18H20BrN7O2/c1-3-26-14(8-11(2)24-26)17(28)23-18-22-13-9-12(15(20)27)10-21-16(13)25(18)7-5-4-6-19/h4-5,8-10H,3,6-7H2,1-2H3,(H2,20,27)(H,22,23,28)/b5-4+. The van der Waals surface area contributed by atoms with E-state index in [0.29, 0.717) is 41.2 Å². The summed E-state index contributed by atoms with van der Waals surface area (Å²) in [5.41, 5.74) is 7.80. The molecule has 0 bridgehead atoms. The van der Waals surface area contributed by atoms with Gasteiger partial charge >= 0.3 is 0 Å². The van der Waals surface area contributed by atoms with Crippen LogP contribution in [0.15, 0.2) is 30.5 Å². The minimum Gasteiger partial charge on any atom is -0.366 e. The summed E-state index contributed by atoms with van der Waals surface area (Å²) in [5, 5.41) is 7.83. The molecule has 28 heavy (non-hydrogen) atoms. The van der Waals surface area contributed by atoms with Gasteiger partial charge in [-0.25, -0.2) is 9.97 Å². The van der Waals surface area contributed by atoms with E-state index in [4.69, 9.17) is 5.73 Å². The molecule has 0 aromatic carbocycles. The molecule has 3 aromatic heterocycles. The Labute approximate surface area is 169 Å². The summed E-state index contributed by atoms with van der Waals surface area (Å²) in [6.45, 7) is 4.77. The molecule has 146 valence electrons. The fourth-order valence-electron chi connectivity index (χ4n) is 2.79. The molecule has 0 saturated heterocycles. The van der Waals surface area contributed by atoms with Gasteiger partial charge in [-0.1, -0.05) is 28.1 Å². The molecule has 10 heteroatoms. The zero-order chi connectivity index (χ0) is 20.3. The third-order valence-electron chi connectivity index (χ3n) is 4.07. The molecule has 9 nitrogen and oxygen atoms in total. The van der Waals surface area contributed by atoms with Gasteiger partial charge in [0.15, 0.2) is 5.65 Å². The maximum absolute atomic E-state index is 12.8. The third kappa shape index (κ3) is 3.96. The summed E-state index contributed by atoms with van der Waals surface area (Å²) in [5.74, 6) is -0.579. The average molecular weight is 446 g/mol. The van der Waals surface area contributed by atoms with Crippen LogP contribution in [0, 0.1) is 6.92 Å². The average Bonchev–Trinajstić information content (AvgIpc) is 3.21. The first kappa shape index (κ1) is 19.7. The highest BCUT2D eigenvalue weighted by atomic mass is 79.9. The Bertz CT molecular complexity index is 1070. The van der Waals surface area contributed by atoms with Crippen LogP contribution in [0.25, 0.3) is 11.2 Å². The Morgan fingerprint density at radius 1 is 1.32 bits per heavy atom. The van der Waals surface area contributed by atoms with Gasteiger partial charge < -0.3 is 5.73 Å². The first-order valence-electron chi connectivity index (χ1n) is 8.67. The highest BCUT2D eigenvalue weighted by molar-refractivity contribution is 9.09. The lowest BCUT2D eigenvalue weighted by molar-refractivity contribution is 0.0995. The predicted molar refractivity (Wildman–Crippen MR) is 110 cm³/mol. The van der Waals surface area contributed by atoms with Crippen molar-refractivity contribution in [2.24, 2.45) is 5.73 Å². The normalized spacial score (nSPS) is 11.4. The van der Waals surface area contributed by atoms with Crippen LogP contribution in [0.3, 0.4) is 0 Å². The number of imidazole rings is 1. The molecule has 0 spiro atoms. The van der Waals surface area contributed by atoms with E-state index in [9.17, 15) is 9.59 Å². The largest absolute Gasteiger partial charge is 0.366 e. The van der Waals surface area contributed by atoms with E-state index in [1.807, 2.05) is 26.0 Å². The molecule has 3 N–H and O–H groups in total. The summed E-state index contributed by atoms with van der Waals surface area (Å²) in [6.07, 6.45) is 5.26. The zero-order valence-corrected chi connectivity index (χ0v) is 17.1. The van der Waals surface area contributed by atoms with Crippen LogP contribution in [0.4, 0.5) is 5.95 Å². The van der Waals surface area contributed by atoms with Crippen molar-refractivity contribution in [1.82, 2.24) is 24.3 Å². The van der Waals surface area contributed by atoms with Gasteiger partial charge in [0.25, 0.3) is 5.91 Å². The highest BCUT2D eigenvalue weighted by Gasteiger charge is 2.19. The molecule has 3 aromatic rings. The number of allylic oxidation sites excluding steroid dienone is 2. The Morgan fingerprint density at radius 3 is 2.79 bits per heavy atom. The van der Waals surface area contributed by atoms with E-state index < -0.39 is 5.91 Å². The molecular weight excluding hydrogens is 426 g/mol. The van der Waals surface area contributed by atoms with E-state index in [1.54, 1.807) is 21.4 Å². The summed E-state index contributed by atoms with van der Waals surface area (Å²) in [6, 6.07) is 3.28. The number of pyridine rings is 1. The number of aryl methyl sites for hydroxylation is 2. The Kier molecular flexibility index (Phi) is 5.88. The zero-order valence-electron chi connectivity index (χ0n) is 15.5. The van der Waals surface area contributed by atoms with Crippen molar-refractivity contribution in [2.75, 3.05) is 10.6 Å².